The average molecular weight is 463 g/mol. The first kappa shape index (κ1) is 22.2. The third-order valence-corrected chi connectivity index (χ3v) is 6.36. The van der Waals surface area contributed by atoms with Gasteiger partial charge < -0.3 is 4.74 Å². The van der Waals surface area contributed by atoms with Crippen LogP contribution >= 0.6 is 0 Å². The first-order chi connectivity index (χ1) is 16.3. The van der Waals surface area contributed by atoms with Crippen LogP contribution in [0.2, 0.25) is 0 Å². The zero-order valence-corrected chi connectivity index (χ0v) is 19.0. The van der Waals surface area contributed by atoms with E-state index in [2.05, 4.69) is 15.2 Å². The van der Waals surface area contributed by atoms with E-state index in [-0.39, 0.29) is 34.5 Å². The van der Waals surface area contributed by atoms with Gasteiger partial charge in [-0.3, -0.25) is 9.20 Å². The fourth-order valence-corrected chi connectivity index (χ4v) is 4.38. The van der Waals surface area contributed by atoms with Crippen molar-refractivity contribution in [1.29, 1.82) is 0 Å². The molecule has 1 saturated heterocycles. The topological polar surface area (TPSA) is 82.3 Å². The summed E-state index contributed by atoms with van der Waals surface area (Å²) in [6.07, 6.45) is 4.47. The lowest BCUT2D eigenvalue weighted by Crippen LogP contribution is -2.24. The van der Waals surface area contributed by atoms with Gasteiger partial charge in [-0.1, -0.05) is 0 Å². The minimum Gasteiger partial charge on any atom is -0.373 e. The van der Waals surface area contributed by atoms with Gasteiger partial charge in [-0.25, -0.2) is 18.7 Å². The number of benzene rings is 1. The van der Waals surface area contributed by atoms with Crippen LogP contribution in [0, 0.1) is 32.4 Å². The summed E-state index contributed by atoms with van der Waals surface area (Å²) in [5, 5.41) is 8.03. The molecule has 1 aliphatic heterocycles. The Labute approximate surface area is 194 Å². The number of hydrogen-bond acceptors (Lipinski definition) is 6. The zero-order chi connectivity index (χ0) is 24.0. The molecule has 0 unspecified atom stereocenters. The van der Waals surface area contributed by atoms with Crippen LogP contribution in [-0.4, -0.2) is 31.2 Å². The van der Waals surface area contributed by atoms with E-state index >= 15 is 0 Å². The molecule has 1 aromatic carbocycles. The Balaban J connectivity index is 1.66. The highest BCUT2D eigenvalue weighted by atomic mass is 19.1. The number of rotatable bonds is 3. The molecule has 0 radical (unpaired) electrons. The van der Waals surface area contributed by atoms with Gasteiger partial charge in [0.2, 0.25) is 0 Å². The number of aromatic nitrogens is 5. The highest BCUT2D eigenvalue weighted by molar-refractivity contribution is 5.74. The SMILES string of the molecule is Cc1cc([C@@H]2C[C@H](c3cn4c(=O)c(C)c(C)nc4c(-c4ccc(F)cc4F)n3)CCO2)cnn1. The molecule has 0 spiro atoms. The minimum atomic E-state index is -0.762. The standard InChI is InChI=1S/C25H23F2N5O2/c1-13-8-17(11-28-31-13)22-9-16(6-7-34-22)21-12-32-24(29-15(3)14(2)25(32)33)23(30-21)19-5-4-18(26)10-20(19)27/h4-5,8,10-12,16,22H,6-7,9H2,1-3H3/t16-,22+/m1/s1. The molecule has 0 bridgehead atoms. The van der Waals surface area contributed by atoms with Gasteiger partial charge in [-0.15, -0.1) is 0 Å². The Morgan fingerprint density at radius 2 is 1.94 bits per heavy atom. The quantitative estimate of drug-likeness (QED) is 0.448. The fraction of sp³-hybridized carbons (Fsp3) is 0.320. The van der Waals surface area contributed by atoms with E-state index in [1.165, 1.54) is 16.5 Å². The molecular formula is C25H23F2N5O2. The maximum absolute atomic E-state index is 14.8. The van der Waals surface area contributed by atoms with E-state index in [0.29, 0.717) is 36.4 Å². The van der Waals surface area contributed by atoms with Crippen molar-refractivity contribution in [2.75, 3.05) is 6.61 Å². The summed E-state index contributed by atoms with van der Waals surface area (Å²) in [6.45, 7) is 5.80. The molecule has 4 aromatic rings. The number of ether oxygens (including phenoxy) is 1. The fourth-order valence-electron chi connectivity index (χ4n) is 4.38. The van der Waals surface area contributed by atoms with Gasteiger partial charge in [0.15, 0.2) is 5.65 Å². The van der Waals surface area contributed by atoms with Crippen LogP contribution in [0.4, 0.5) is 8.78 Å². The van der Waals surface area contributed by atoms with Crippen molar-refractivity contribution in [2.45, 2.75) is 45.6 Å². The van der Waals surface area contributed by atoms with Crippen molar-refractivity contribution >= 4 is 5.65 Å². The summed E-state index contributed by atoms with van der Waals surface area (Å²) in [7, 11) is 0. The molecule has 4 heterocycles. The Hall–Kier alpha value is -3.59. The van der Waals surface area contributed by atoms with Gasteiger partial charge in [0.05, 0.1) is 23.7 Å². The minimum absolute atomic E-state index is 0.0487. The Bertz CT molecular complexity index is 1470. The summed E-state index contributed by atoms with van der Waals surface area (Å²) in [4.78, 5) is 22.4. The van der Waals surface area contributed by atoms with Gasteiger partial charge in [0.25, 0.3) is 5.56 Å². The second-order valence-corrected chi connectivity index (χ2v) is 8.67. The lowest BCUT2D eigenvalue weighted by molar-refractivity contribution is 0.00427. The van der Waals surface area contributed by atoms with Gasteiger partial charge >= 0.3 is 0 Å². The van der Waals surface area contributed by atoms with E-state index in [0.717, 1.165) is 17.3 Å². The highest BCUT2D eigenvalue weighted by Crippen LogP contribution is 2.38. The molecule has 1 fully saturated rings. The first-order valence-electron chi connectivity index (χ1n) is 11.1. The zero-order valence-electron chi connectivity index (χ0n) is 19.0. The number of nitrogens with zero attached hydrogens (tertiary/aromatic N) is 5. The summed E-state index contributed by atoms with van der Waals surface area (Å²) in [6, 6.07) is 5.25. The Morgan fingerprint density at radius 3 is 2.71 bits per heavy atom. The second kappa shape index (κ2) is 8.64. The van der Waals surface area contributed by atoms with Crippen LogP contribution in [0.5, 0.6) is 0 Å². The van der Waals surface area contributed by atoms with Crippen LogP contribution in [0.1, 0.15) is 53.1 Å². The molecule has 0 aliphatic carbocycles. The molecule has 7 nitrogen and oxygen atoms in total. The third-order valence-electron chi connectivity index (χ3n) is 6.36. The molecule has 174 valence electrons. The molecule has 1 aliphatic rings. The van der Waals surface area contributed by atoms with E-state index in [1.54, 1.807) is 26.2 Å². The summed E-state index contributed by atoms with van der Waals surface area (Å²) < 4.78 is 35.8. The monoisotopic (exact) mass is 463 g/mol. The van der Waals surface area contributed by atoms with Crippen LogP contribution in [0.15, 0.2) is 41.5 Å². The molecule has 0 amide bonds. The molecule has 5 rings (SSSR count). The first-order valence-corrected chi connectivity index (χ1v) is 11.1. The Kier molecular flexibility index (Phi) is 5.65. The van der Waals surface area contributed by atoms with Gasteiger partial charge in [-0.2, -0.15) is 10.2 Å². The maximum Gasteiger partial charge on any atom is 0.261 e. The van der Waals surface area contributed by atoms with Crippen LogP contribution in [0.25, 0.3) is 16.9 Å². The summed E-state index contributed by atoms with van der Waals surface area (Å²) in [5.41, 5.74) is 3.68. The normalized spacial score (nSPS) is 18.4. The van der Waals surface area contributed by atoms with Crippen molar-refractivity contribution in [3.8, 4) is 11.3 Å². The van der Waals surface area contributed by atoms with Gasteiger partial charge in [0.1, 0.15) is 17.3 Å². The predicted molar refractivity (Wildman–Crippen MR) is 122 cm³/mol. The van der Waals surface area contributed by atoms with Gasteiger partial charge in [0, 0.05) is 47.2 Å². The van der Waals surface area contributed by atoms with Crippen molar-refractivity contribution < 1.29 is 13.5 Å². The van der Waals surface area contributed by atoms with Crippen molar-refractivity contribution in [1.82, 2.24) is 24.6 Å². The van der Waals surface area contributed by atoms with Gasteiger partial charge in [-0.05, 0) is 51.8 Å². The van der Waals surface area contributed by atoms with Crippen molar-refractivity contribution in [3.63, 3.8) is 0 Å². The molecule has 9 heteroatoms. The average Bonchev–Trinajstić information content (AvgIpc) is 2.82. The van der Waals surface area contributed by atoms with E-state index < -0.39 is 11.6 Å². The third kappa shape index (κ3) is 3.96. The molecule has 0 saturated carbocycles. The molecule has 34 heavy (non-hydrogen) atoms. The summed E-state index contributed by atoms with van der Waals surface area (Å²) in [5.74, 6) is -1.50. The van der Waals surface area contributed by atoms with Crippen LogP contribution < -0.4 is 5.56 Å². The molecule has 0 N–H and O–H groups in total. The highest BCUT2D eigenvalue weighted by Gasteiger charge is 2.28. The lowest BCUT2D eigenvalue weighted by Gasteiger charge is -2.29. The van der Waals surface area contributed by atoms with Crippen LogP contribution in [0.3, 0.4) is 0 Å². The lowest BCUT2D eigenvalue weighted by atomic mass is 9.90. The summed E-state index contributed by atoms with van der Waals surface area (Å²) >= 11 is 0. The maximum atomic E-state index is 14.8. The second-order valence-electron chi connectivity index (χ2n) is 8.67. The van der Waals surface area contributed by atoms with E-state index in [4.69, 9.17) is 9.72 Å². The van der Waals surface area contributed by atoms with E-state index in [1.807, 2.05) is 13.0 Å². The predicted octanol–water partition coefficient (Wildman–Crippen LogP) is 4.39. The number of halogens is 2. The van der Waals surface area contributed by atoms with Crippen molar-refractivity contribution in [3.05, 3.63) is 86.9 Å². The number of hydrogen-bond donors (Lipinski definition) is 0. The number of aryl methyl sites for hydroxylation is 2. The number of fused-ring (bicyclic) bond motifs is 1. The Morgan fingerprint density at radius 1 is 1.12 bits per heavy atom. The van der Waals surface area contributed by atoms with E-state index in [9.17, 15) is 13.6 Å². The largest absolute Gasteiger partial charge is 0.373 e. The smallest absolute Gasteiger partial charge is 0.261 e. The van der Waals surface area contributed by atoms with Crippen LogP contribution in [-0.2, 0) is 4.74 Å². The molecule has 2 atom stereocenters. The molecular weight excluding hydrogens is 440 g/mol. The van der Waals surface area contributed by atoms with Crippen molar-refractivity contribution in [2.24, 2.45) is 0 Å². The molecule has 3 aromatic heterocycles.